The summed E-state index contributed by atoms with van der Waals surface area (Å²) in [5, 5.41) is 8.91. The normalized spacial score (nSPS) is 17.3. The molecule has 3 aromatic rings. The summed E-state index contributed by atoms with van der Waals surface area (Å²) in [6, 6.07) is 14.4. The van der Waals surface area contributed by atoms with E-state index >= 15 is 4.39 Å². The molecule has 0 saturated heterocycles. The second-order valence-corrected chi connectivity index (χ2v) is 8.41. The molecular weight excluding hydrogens is 432 g/mol. The smallest absolute Gasteiger partial charge is 0.173 e. The van der Waals surface area contributed by atoms with Gasteiger partial charge in [-0.1, -0.05) is 55.4 Å². The Labute approximate surface area is 191 Å². The molecule has 32 heavy (non-hydrogen) atoms. The summed E-state index contributed by atoms with van der Waals surface area (Å²) in [4.78, 5) is 0. The molecule has 0 radical (unpaired) electrons. The van der Waals surface area contributed by atoms with E-state index in [2.05, 4.69) is 6.58 Å². The van der Waals surface area contributed by atoms with Gasteiger partial charge in [0, 0.05) is 22.4 Å². The number of hydrogen-bond donors (Lipinski definition) is 2. The lowest BCUT2D eigenvalue weighted by Crippen LogP contribution is -2.08. The van der Waals surface area contributed by atoms with Crippen molar-refractivity contribution in [2.75, 3.05) is 13.2 Å². The lowest BCUT2D eigenvalue weighted by molar-refractivity contribution is 0.196. The van der Waals surface area contributed by atoms with Crippen LogP contribution in [-0.2, 0) is 6.42 Å². The van der Waals surface area contributed by atoms with Crippen molar-refractivity contribution in [3.8, 4) is 16.9 Å². The van der Waals surface area contributed by atoms with Crippen LogP contribution < -0.4 is 10.5 Å². The van der Waals surface area contributed by atoms with Crippen LogP contribution in [0, 0.1) is 11.6 Å². The van der Waals surface area contributed by atoms with Crippen LogP contribution in [0.3, 0.4) is 0 Å². The largest absolute Gasteiger partial charge is 0.488 e. The first kappa shape index (κ1) is 22.3. The van der Waals surface area contributed by atoms with E-state index in [1.165, 1.54) is 12.1 Å². The summed E-state index contributed by atoms with van der Waals surface area (Å²) in [5.74, 6) is -1.34. The summed E-state index contributed by atoms with van der Waals surface area (Å²) in [7, 11) is 0. The highest BCUT2D eigenvalue weighted by molar-refractivity contribution is 6.34. The van der Waals surface area contributed by atoms with Crippen molar-refractivity contribution < 1.29 is 18.6 Å². The third-order valence-electron chi connectivity index (χ3n) is 6.12. The van der Waals surface area contributed by atoms with Gasteiger partial charge in [0.2, 0.25) is 0 Å². The molecule has 0 bridgehead atoms. The number of halogens is 3. The summed E-state index contributed by atoms with van der Waals surface area (Å²) in [5.41, 5.74) is 9.49. The van der Waals surface area contributed by atoms with Crippen LogP contribution in [0.1, 0.15) is 41.0 Å². The SMILES string of the molecule is C=C(N)c1ccc(OCCO)c(F)c1-c1c(Cl)c(F)cc2c1[C@H](C)C(c1ccccc1)C2. The topological polar surface area (TPSA) is 55.5 Å². The number of rotatable bonds is 6. The molecule has 3 nitrogen and oxygen atoms in total. The van der Waals surface area contributed by atoms with Gasteiger partial charge in [0.05, 0.1) is 11.6 Å². The Bertz CT molecular complexity index is 1180. The summed E-state index contributed by atoms with van der Waals surface area (Å²) in [6.45, 7) is 5.45. The van der Waals surface area contributed by atoms with Crippen LogP contribution in [0.2, 0.25) is 5.02 Å². The van der Waals surface area contributed by atoms with Gasteiger partial charge in [-0.05, 0) is 53.1 Å². The van der Waals surface area contributed by atoms with E-state index in [-0.39, 0.29) is 52.6 Å². The van der Waals surface area contributed by atoms with Crippen molar-refractivity contribution in [1.29, 1.82) is 0 Å². The molecule has 6 heteroatoms. The van der Waals surface area contributed by atoms with Crippen molar-refractivity contribution in [3.63, 3.8) is 0 Å². The maximum Gasteiger partial charge on any atom is 0.173 e. The van der Waals surface area contributed by atoms with Crippen molar-refractivity contribution in [1.82, 2.24) is 0 Å². The zero-order valence-corrected chi connectivity index (χ0v) is 18.4. The molecule has 166 valence electrons. The van der Waals surface area contributed by atoms with Gasteiger partial charge in [-0.25, -0.2) is 8.78 Å². The Morgan fingerprint density at radius 1 is 1.19 bits per heavy atom. The standard InChI is InChI=1S/C26H24ClF2NO2/c1-14-19(16-6-4-3-5-7-16)12-17-13-20(28)25(27)24(22(14)17)23-18(15(2)30)8-9-21(26(23)29)32-11-10-31/h3-9,13-14,19,31H,2,10-12,30H2,1H3/t14-,19?/m1/s1. The molecule has 0 aromatic heterocycles. The van der Waals surface area contributed by atoms with Crippen LogP contribution in [0.4, 0.5) is 8.78 Å². The highest BCUT2D eigenvalue weighted by Gasteiger charge is 2.36. The van der Waals surface area contributed by atoms with Gasteiger partial charge in [-0.2, -0.15) is 0 Å². The first-order valence-electron chi connectivity index (χ1n) is 10.4. The van der Waals surface area contributed by atoms with Gasteiger partial charge in [-0.3, -0.25) is 0 Å². The number of benzene rings is 3. The van der Waals surface area contributed by atoms with E-state index in [9.17, 15) is 4.39 Å². The number of ether oxygens (including phenoxy) is 1. The quantitative estimate of drug-likeness (QED) is 0.477. The molecule has 0 amide bonds. The predicted octanol–water partition coefficient (Wildman–Crippen LogP) is 6.03. The molecule has 1 aliphatic carbocycles. The predicted molar refractivity (Wildman–Crippen MR) is 124 cm³/mol. The molecular formula is C26H24ClF2NO2. The minimum absolute atomic E-state index is 0.0409. The Morgan fingerprint density at radius 3 is 2.56 bits per heavy atom. The van der Waals surface area contributed by atoms with E-state index in [1.54, 1.807) is 6.07 Å². The number of hydrogen-bond acceptors (Lipinski definition) is 3. The number of fused-ring (bicyclic) bond motifs is 1. The number of aliphatic hydroxyl groups is 1. The molecule has 0 heterocycles. The second-order valence-electron chi connectivity index (χ2n) is 8.03. The third kappa shape index (κ3) is 3.76. The van der Waals surface area contributed by atoms with Crippen LogP contribution >= 0.6 is 11.6 Å². The van der Waals surface area contributed by atoms with E-state index in [0.717, 1.165) is 16.7 Å². The molecule has 3 N–H and O–H groups in total. The number of nitrogens with two attached hydrogens (primary N) is 1. The summed E-state index contributed by atoms with van der Waals surface area (Å²) in [6.07, 6.45) is 0.614. The maximum atomic E-state index is 15.7. The number of aliphatic hydroxyl groups excluding tert-OH is 1. The first-order valence-corrected chi connectivity index (χ1v) is 10.8. The lowest BCUT2D eigenvalue weighted by atomic mass is 9.84. The Kier molecular flexibility index (Phi) is 6.22. The molecule has 0 saturated carbocycles. The van der Waals surface area contributed by atoms with Crippen LogP contribution in [-0.4, -0.2) is 18.3 Å². The van der Waals surface area contributed by atoms with Gasteiger partial charge in [0.25, 0.3) is 0 Å². The maximum absolute atomic E-state index is 15.7. The van der Waals surface area contributed by atoms with E-state index in [4.69, 9.17) is 27.2 Å². The average Bonchev–Trinajstić information content (AvgIpc) is 3.10. The highest BCUT2D eigenvalue weighted by atomic mass is 35.5. The summed E-state index contributed by atoms with van der Waals surface area (Å²) >= 11 is 6.48. The third-order valence-corrected chi connectivity index (χ3v) is 6.49. The molecule has 1 unspecified atom stereocenters. The lowest BCUT2D eigenvalue weighted by Gasteiger charge is -2.22. The second kappa shape index (κ2) is 8.93. The Hall–Kier alpha value is -2.89. The fourth-order valence-corrected chi connectivity index (χ4v) is 4.93. The molecule has 1 aliphatic rings. The molecule has 2 atom stereocenters. The van der Waals surface area contributed by atoms with Crippen molar-refractivity contribution in [2.24, 2.45) is 5.73 Å². The minimum Gasteiger partial charge on any atom is -0.488 e. The van der Waals surface area contributed by atoms with Crippen LogP contribution in [0.25, 0.3) is 16.8 Å². The van der Waals surface area contributed by atoms with Crippen molar-refractivity contribution in [3.05, 3.63) is 94.0 Å². The van der Waals surface area contributed by atoms with Gasteiger partial charge in [0.1, 0.15) is 12.4 Å². The van der Waals surface area contributed by atoms with Gasteiger partial charge in [-0.15, -0.1) is 0 Å². The van der Waals surface area contributed by atoms with Crippen LogP contribution in [0.15, 0.2) is 55.1 Å². The van der Waals surface area contributed by atoms with Crippen molar-refractivity contribution >= 4 is 17.3 Å². The van der Waals surface area contributed by atoms with E-state index in [1.807, 2.05) is 37.3 Å². The molecule has 3 aromatic carbocycles. The van der Waals surface area contributed by atoms with E-state index in [0.29, 0.717) is 12.0 Å². The fourth-order valence-electron chi connectivity index (χ4n) is 4.68. The average molecular weight is 456 g/mol. The van der Waals surface area contributed by atoms with Crippen LogP contribution in [0.5, 0.6) is 5.75 Å². The Balaban J connectivity index is 1.97. The Morgan fingerprint density at radius 2 is 1.91 bits per heavy atom. The zero-order valence-electron chi connectivity index (χ0n) is 17.7. The minimum atomic E-state index is -0.715. The zero-order chi connectivity index (χ0) is 23.0. The van der Waals surface area contributed by atoms with Gasteiger partial charge < -0.3 is 15.6 Å². The van der Waals surface area contributed by atoms with Gasteiger partial charge >= 0.3 is 0 Å². The summed E-state index contributed by atoms with van der Waals surface area (Å²) < 4.78 is 36.1. The molecule has 0 fully saturated rings. The molecule has 4 rings (SSSR count). The monoisotopic (exact) mass is 455 g/mol. The molecule has 0 spiro atoms. The van der Waals surface area contributed by atoms with E-state index < -0.39 is 11.6 Å². The molecule has 0 aliphatic heterocycles. The van der Waals surface area contributed by atoms with Crippen molar-refractivity contribution in [2.45, 2.75) is 25.2 Å². The first-order chi connectivity index (χ1) is 15.3. The van der Waals surface area contributed by atoms with Gasteiger partial charge in [0.15, 0.2) is 11.6 Å². The highest BCUT2D eigenvalue weighted by Crippen LogP contribution is 2.52. The fraction of sp³-hybridized carbons (Fsp3) is 0.231.